The van der Waals surface area contributed by atoms with Gasteiger partial charge in [-0.05, 0) is 32.6 Å². The molecule has 0 aromatic carbocycles. The Morgan fingerprint density at radius 2 is 2.09 bits per heavy atom. The highest BCUT2D eigenvalue weighted by Crippen LogP contribution is 2.16. The van der Waals surface area contributed by atoms with Crippen LogP contribution in [-0.4, -0.2) is 53.7 Å². The van der Waals surface area contributed by atoms with E-state index in [9.17, 15) is 9.59 Å². The topological polar surface area (TPSA) is 99.7 Å². The number of ether oxygens (including phenoxy) is 1. The molecule has 0 bridgehead atoms. The second kappa shape index (κ2) is 9.78. The van der Waals surface area contributed by atoms with Crippen molar-refractivity contribution in [2.75, 3.05) is 26.3 Å². The molecular weight excluding hydrogens is 300 g/mol. The molecule has 7 heteroatoms. The maximum atomic E-state index is 12.5. The van der Waals surface area contributed by atoms with Crippen LogP contribution in [0.3, 0.4) is 0 Å². The number of amides is 1. The molecule has 1 fully saturated rings. The van der Waals surface area contributed by atoms with Gasteiger partial charge in [-0.3, -0.25) is 14.4 Å². The molecule has 1 amide bonds. The summed E-state index contributed by atoms with van der Waals surface area (Å²) in [7, 11) is 0. The van der Waals surface area contributed by atoms with Crippen molar-refractivity contribution in [3.8, 4) is 0 Å². The third-order valence-electron chi connectivity index (χ3n) is 3.78. The highest BCUT2D eigenvalue weighted by Gasteiger charge is 2.22. The average Bonchev–Trinajstić information content (AvgIpc) is 2.54. The van der Waals surface area contributed by atoms with Crippen molar-refractivity contribution in [3.63, 3.8) is 0 Å². The smallest absolute Gasteiger partial charge is 0.290 e. The largest absolute Gasteiger partial charge is 0.483 e. The number of carboxylic acid groups (broad SMARTS) is 1. The second-order valence-corrected chi connectivity index (χ2v) is 5.40. The molecule has 2 heterocycles. The molecular formula is C16H24N2O5. The van der Waals surface area contributed by atoms with Gasteiger partial charge in [-0.25, -0.2) is 0 Å². The zero-order valence-corrected chi connectivity index (χ0v) is 13.6. The summed E-state index contributed by atoms with van der Waals surface area (Å²) in [5.41, 5.74) is 0.778. The first-order valence-electron chi connectivity index (χ1n) is 7.67. The molecule has 128 valence electrons. The first-order valence-corrected chi connectivity index (χ1v) is 7.67. The lowest BCUT2D eigenvalue weighted by Gasteiger charge is -2.29. The van der Waals surface area contributed by atoms with E-state index in [0.29, 0.717) is 19.0 Å². The number of rotatable bonds is 4. The van der Waals surface area contributed by atoms with E-state index < -0.39 is 0 Å². The normalized spacial score (nSPS) is 14.5. The number of carbonyl (C=O) groups is 2. The number of pyridine rings is 1. The van der Waals surface area contributed by atoms with E-state index in [1.165, 1.54) is 12.3 Å². The van der Waals surface area contributed by atoms with Crippen molar-refractivity contribution in [2.24, 2.45) is 5.92 Å². The Bertz CT molecular complexity index is 564. The summed E-state index contributed by atoms with van der Waals surface area (Å²) < 4.78 is 5.33. The fourth-order valence-electron chi connectivity index (χ4n) is 2.51. The van der Waals surface area contributed by atoms with Gasteiger partial charge in [-0.1, -0.05) is 0 Å². The van der Waals surface area contributed by atoms with E-state index in [2.05, 4.69) is 4.98 Å². The number of aromatic nitrogens is 1. The molecule has 2 rings (SSSR count). The maximum absolute atomic E-state index is 12.5. The Morgan fingerprint density at radius 3 is 2.61 bits per heavy atom. The van der Waals surface area contributed by atoms with E-state index >= 15 is 0 Å². The summed E-state index contributed by atoms with van der Waals surface area (Å²) in [6.45, 7) is 6.34. The molecule has 0 spiro atoms. The van der Waals surface area contributed by atoms with Crippen LogP contribution in [0.2, 0.25) is 0 Å². The molecule has 0 unspecified atom stereocenters. The van der Waals surface area contributed by atoms with Gasteiger partial charge in [0.05, 0.1) is 0 Å². The van der Waals surface area contributed by atoms with Gasteiger partial charge in [-0.15, -0.1) is 0 Å². The summed E-state index contributed by atoms with van der Waals surface area (Å²) >= 11 is 0. The number of H-pyrrole nitrogens is 1. The van der Waals surface area contributed by atoms with Crippen LogP contribution < -0.4 is 5.43 Å². The van der Waals surface area contributed by atoms with Crippen LogP contribution >= 0.6 is 0 Å². The van der Waals surface area contributed by atoms with Gasteiger partial charge in [0, 0.05) is 44.3 Å². The summed E-state index contributed by atoms with van der Waals surface area (Å²) in [6, 6.07) is 1.47. The lowest BCUT2D eigenvalue weighted by molar-refractivity contribution is -0.122. The zero-order valence-electron chi connectivity index (χ0n) is 13.6. The summed E-state index contributed by atoms with van der Waals surface area (Å²) in [5, 5.41) is 6.89. The van der Waals surface area contributed by atoms with E-state index in [1.807, 2.05) is 6.92 Å². The Labute approximate surface area is 135 Å². The molecule has 23 heavy (non-hydrogen) atoms. The zero-order chi connectivity index (χ0) is 17.2. The fraction of sp³-hybridized carbons (Fsp3) is 0.562. The molecule has 1 aromatic rings. The number of hydrogen-bond acceptors (Lipinski definition) is 4. The molecule has 0 saturated carbocycles. The highest BCUT2D eigenvalue weighted by molar-refractivity contribution is 5.93. The number of hydrogen-bond donors (Lipinski definition) is 2. The lowest BCUT2D eigenvalue weighted by atomic mass is 9.99. The number of nitrogens with zero attached hydrogens (tertiary/aromatic N) is 1. The van der Waals surface area contributed by atoms with Crippen LogP contribution in [-0.2, 0) is 9.53 Å². The Balaban J connectivity index is 0.000000816. The van der Waals surface area contributed by atoms with Crippen LogP contribution in [0.15, 0.2) is 17.1 Å². The van der Waals surface area contributed by atoms with Gasteiger partial charge in [0.1, 0.15) is 5.56 Å². The SMILES string of the molecule is CCN(CC1CCOCC1)C(=O)c1c[nH]c(C)cc1=O.O=CO. The molecule has 0 aliphatic carbocycles. The fourth-order valence-corrected chi connectivity index (χ4v) is 2.51. The predicted octanol–water partition coefficient (Wildman–Crippen LogP) is 1.27. The monoisotopic (exact) mass is 324 g/mol. The standard InChI is InChI=1S/C15H22N2O3.CH2O2/c1-3-17(10-12-4-6-20-7-5-12)15(19)13-9-16-11(2)8-14(13)18;2-1-3/h8-9,12H,3-7,10H2,1-2H3,(H,16,18);1H,(H,2,3). The van der Waals surface area contributed by atoms with Crippen molar-refractivity contribution in [1.29, 1.82) is 0 Å². The van der Waals surface area contributed by atoms with Crippen LogP contribution in [0.4, 0.5) is 0 Å². The minimum Gasteiger partial charge on any atom is -0.483 e. The van der Waals surface area contributed by atoms with Crippen LogP contribution in [0.5, 0.6) is 0 Å². The quantitative estimate of drug-likeness (QED) is 0.813. The molecule has 0 radical (unpaired) electrons. The molecule has 7 nitrogen and oxygen atoms in total. The molecule has 2 N–H and O–H groups in total. The number of carbonyl (C=O) groups excluding carboxylic acids is 1. The van der Waals surface area contributed by atoms with Gasteiger partial charge >= 0.3 is 0 Å². The van der Waals surface area contributed by atoms with E-state index in [-0.39, 0.29) is 23.4 Å². The van der Waals surface area contributed by atoms with Gasteiger partial charge in [0.25, 0.3) is 12.4 Å². The molecule has 0 atom stereocenters. The van der Waals surface area contributed by atoms with Gasteiger partial charge in [0.15, 0.2) is 5.43 Å². The lowest BCUT2D eigenvalue weighted by Crippen LogP contribution is -2.39. The number of nitrogens with one attached hydrogen (secondary N) is 1. The summed E-state index contributed by atoms with van der Waals surface area (Å²) in [6.07, 6.45) is 3.48. The number of aryl methyl sites for hydroxylation is 1. The molecule has 1 aliphatic rings. The average molecular weight is 324 g/mol. The van der Waals surface area contributed by atoms with Gasteiger partial charge < -0.3 is 19.7 Å². The Kier molecular flexibility index (Phi) is 8.04. The first kappa shape index (κ1) is 18.9. The van der Waals surface area contributed by atoms with E-state index in [0.717, 1.165) is 31.7 Å². The van der Waals surface area contributed by atoms with E-state index in [4.69, 9.17) is 14.6 Å². The highest BCUT2D eigenvalue weighted by atomic mass is 16.5. The van der Waals surface area contributed by atoms with Crippen molar-refractivity contribution >= 4 is 12.4 Å². The van der Waals surface area contributed by atoms with Crippen molar-refractivity contribution in [3.05, 3.63) is 33.7 Å². The predicted molar refractivity (Wildman–Crippen MR) is 85.6 cm³/mol. The maximum Gasteiger partial charge on any atom is 0.290 e. The third-order valence-corrected chi connectivity index (χ3v) is 3.78. The molecule has 1 saturated heterocycles. The minimum atomic E-state index is -0.250. The molecule has 1 aliphatic heterocycles. The van der Waals surface area contributed by atoms with Crippen LogP contribution in [0.25, 0.3) is 0 Å². The van der Waals surface area contributed by atoms with Gasteiger partial charge in [0.2, 0.25) is 0 Å². The minimum absolute atomic E-state index is 0.180. The van der Waals surface area contributed by atoms with E-state index in [1.54, 1.807) is 11.8 Å². The van der Waals surface area contributed by atoms with Crippen molar-refractivity contribution in [1.82, 2.24) is 9.88 Å². The third kappa shape index (κ3) is 5.86. The summed E-state index contributed by atoms with van der Waals surface area (Å²) in [5.74, 6) is 0.289. The molecule has 1 aromatic heterocycles. The summed E-state index contributed by atoms with van der Waals surface area (Å²) in [4.78, 5) is 37.4. The first-order chi connectivity index (χ1) is 11.0. The van der Waals surface area contributed by atoms with Gasteiger partial charge in [-0.2, -0.15) is 0 Å². The second-order valence-electron chi connectivity index (χ2n) is 5.40. The van der Waals surface area contributed by atoms with Crippen LogP contribution in [0, 0.1) is 12.8 Å². The number of aromatic amines is 1. The Morgan fingerprint density at radius 1 is 1.48 bits per heavy atom. The van der Waals surface area contributed by atoms with Crippen LogP contribution in [0.1, 0.15) is 35.8 Å². The van der Waals surface area contributed by atoms with Crippen molar-refractivity contribution in [2.45, 2.75) is 26.7 Å². The van der Waals surface area contributed by atoms with Crippen molar-refractivity contribution < 1.29 is 19.4 Å². The Hall–Kier alpha value is -2.15.